The molecule has 7 nitrogen and oxygen atoms in total. The number of carboxylic acid groups (broad SMARTS) is 1. The van der Waals surface area contributed by atoms with Crippen molar-refractivity contribution in [3.8, 4) is 0 Å². The van der Waals surface area contributed by atoms with E-state index in [1.54, 1.807) is 15.6 Å². The summed E-state index contributed by atoms with van der Waals surface area (Å²) in [5, 5.41) is 16.8. The second kappa shape index (κ2) is 4.77. The maximum Gasteiger partial charge on any atom is 0.356 e. The van der Waals surface area contributed by atoms with Crippen LogP contribution in [-0.2, 0) is 13.1 Å². The zero-order chi connectivity index (χ0) is 12.3. The van der Waals surface area contributed by atoms with E-state index in [2.05, 4.69) is 22.1 Å². The lowest BCUT2D eigenvalue weighted by atomic mass is 10.4. The normalized spacial score (nSPS) is 10.6. The van der Waals surface area contributed by atoms with Crippen molar-refractivity contribution >= 4 is 5.97 Å². The molecule has 0 bridgehead atoms. The highest BCUT2D eigenvalue weighted by Gasteiger charge is 2.09. The lowest BCUT2D eigenvalue weighted by molar-refractivity contribution is 0.0689. The molecule has 7 heteroatoms. The SMILES string of the molecule is CCCn1ncnc1Cn1ccc(C(=O)O)n1. The first-order valence-corrected chi connectivity index (χ1v) is 5.34. The Morgan fingerprint density at radius 1 is 1.53 bits per heavy atom. The topological polar surface area (TPSA) is 85.8 Å². The zero-order valence-corrected chi connectivity index (χ0v) is 9.44. The molecule has 2 heterocycles. The average Bonchev–Trinajstić information content (AvgIpc) is 2.90. The fourth-order valence-corrected chi connectivity index (χ4v) is 1.52. The Kier molecular flexibility index (Phi) is 3.17. The van der Waals surface area contributed by atoms with Crippen LogP contribution in [0.2, 0.25) is 0 Å². The van der Waals surface area contributed by atoms with Crippen molar-refractivity contribution in [3.05, 3.63) is 30.1 Å². The summed E-state index contributed by atoms with van der Waals surface area (Å²) in [4.78, 5) is 14.8. The second-order valence-electron chi connectivity index (χ2n) is 3.60. The van der Waals surface area contributed by atoms with Crippen LogP contribution in [0.5, 0.6) is 0 Å². The van der Waals surface area contributed by atoms with Crippen LogP contribution in [0.3, 0.4) is 0 Å². The van der Waals surface area contributed by atoms with Gasteiger partial charge in [-0.05, 0) is 12.5 Å². The summed E-state index contributed by atoms with van der Waals surface area (Å²) in [6.07, 6.45) is 4.08. The van der Waals surface area contributed by atoms with Crippen LogP contribution >= 0.6 is 0 Å². The smallest absolute Gasteiger partial charge is 0.356 e. The van der Waals surface area contributed by atoms with Crippen LogP contribution in [0.1, 0.15) is 29.7 Å². The Morgan fingerprint density at radius 3 is 3.00 bits per heavy atom. The molecule has 0 saturated carbocycles. The Labute approximate surface area is 97.7 Å². The first kappa shape index (κ1) is 11.3. The number of aryl methyl sites for hydroxylation is 1. The molecule has 0 atom stereocenters. The third kappa shape index (κ3) is 2.49. The fourth-order valence-electron chi connectivity index (χ4n) is 1.52. The van der Waals surface area contributed by atoms with E-state index < -0.39 is 5.97 Å². The van der Waals surface area contributed by atoms with Gasteiger partial charge in [0.25, 0.3) is 0 Å². The summed E-state index contributed by atoms with van der Waals surface area (Å²) in [7, 11) is 0. The molecule has 2 aromatic rings. The fraction of sp³-hybridized carbons (Fsp3) is 0.400. The van der Waals surface area contributed by atoms with Crippen molar-refractivity contribution in [2.75, 3.05) is 0 Å². The van der Waals surface area contributed by atoms with Crippen LogP contribution in [0, 0.1) is 0 Å². The molecule has 0 aromatic carbocycles. The van der Waals surface area contributed by atoms with Gasteiger partial charge >= 0.3 is 5.97 Å². The number of carboxylic acids is 1. The van der Waals surface area contributed by atoms with Crippen LogP contribution in [-0.4, -0.2) is 35.6 Å². The van der Waals surface area contributed by atoms with E-state index >= 15 is 0 Å². The monoisotopic (exact) mass is 235 g/mol. The number of rotatable bonds is 5. The predicted molar refractivity (Wildman–Crippen MR) is 58.6 cm³/mol. The first-order chi connectivity index (χ1) is 8.20. The Bertz CT molecular complexity index is 516. The molecule has 17 heavy (non-hydrogen) atoms. The summed E-state index contributed by atoms with van der Waals surface area (Å²) in [5.41, 5.74) is 0.0338. The lowest BCUT2D eigenvalue weighted by Crippen LogP contribution is -2.11. The summed E-state index contributed by atoms with van der Waals surface area (Å²) < 4.78 is 3.34. The molecule has 1 N–H and O–H groups in total. The minimum atomic E-state index is -1.03. The molecule has 0 aliphatic rings. The quantitative estimate of drug-likeness (QED) is 0.821. The van der Waals surface area contributed by atoms with Gasteiger partial charge in [0.15, 0.2) is 5.69 Å². The van der Waals surface area contributed by atoms with Gasteiger partial charge in [0.2, 0.25) is 0 Å². The van der Waals surface area contributed by atoms with Gasteiger partial charge in [-0.25, -0.2) is 14.5 Å². The summed E-state index contributed by atoms with van der Waals surface area (Å²) in [5.74, 6) is -0.259. The lowest BCUT2D eigenvalue weighted by Gasteiger charge is -2.04. The van der Waals surface area contributed by atoms with Gasteiger partial charge in [-0.15, -0.1) is 0 Å². The number of aromatic carboxylic acids is 1. The average molecular weight is 235 g/mol. The van der Waals surface area contributed by atoms with Crippen LogP contribution < -0.4 is 0 Å². The van der Waals surface area contributed by atoms with E-state index in [0.29, 0.717) is 6.54 Å². The van der Waals surface area contributed by atoms with Gasteiger partial charge < -0.3 is 5.11 Å². The van der Waals surface area contributed by atoms with Gasteiger partial charge in [0.1, 0.15) is 18.7 Å². The van der Waals surface area contributed by atoms with E-state index in [9.17, 15) is 4.79 Å². The second-order valence-corrected chi connectivity index (χ2v) is 3.60. The highest BCUT2D eigenvalue weighted by molar-refractivity contribution is 5.84. The Morgan fingerprint density at radius 2 is 2.35 bits per heavy atom. The highest BCUT2D eigenvalue weighted by Crippen LogP contribution is 2.01. The molecule has 0 fully saturated rings. The summed E-state index contributed by atoms with van der Waals surface area (Å²) in [6.45, 7) is 3.28. The molecule has 0 spiro atoms. The largest absolute Gasteiger partial charge is 0.476 e. The standard InChI is InChI=1S/C10H13N5O2/c1-2-4-15-9(11-7-12-15)6-14-5-3-8(13-14)10(16)17/h3,5,7H,2,4,6H2,1H3,(H,16,17). The molecule has 0 saturated heterocycles. The third-order valence-corrected chi connectivity index (χ3v) is 2.29. The van der Waals surface area contributed by atoms with E-state index in [-0.39, 0.29) is 5.69 Å². The maximum atomic E-state index is 10.7. The maximum absolute atomic E-state index is 10.7. The Hall–Kier alpha value is -2.18. The van der Waals surface area contributed by atoms with Crippen molar-refractivity contribution in [2.45, 2.75) is 26.4 Å². The van der Waals surface area contributed by atoms with Crippen molar-refractivity contribution in [3.63, 3.8) is 0 Å². The van der Waals surface area contributed by atoms with E-state index in [4.69, 9.17) is 5.11 Å². The number of hydrogen-bond donors (Lipinski definition) is 1. The molecule has 0 aliphatic carbocycles. The van der Waals surface area contributed by atoms with E-state index in [0.717, 1.165) is 18.8 Å². The van der Waals surface area contributed by atoms with E-state index in [1.807, 2.05) is 0 Å². The predicted octanol–water partition coefficient (Wildman–Crippen LogP) is 0.631. The summed E-state index contributed by atoms with van der Waals surface area (Å²) in [6, 6.07) is 1.46. The molecule has 0 aliphatic heterocycles. The van der Waals surface area contributed by atoms with Crippen molar-refractivity contribution in [1.82, 2.24) is 24.5 Å². The molecule has 2 rings (SSSR count). The number of carbonyl (C=O) groups is 1. The van der Waals surface area contributed by atoms with Crippen LogP contribution in [0.4, 0.5) is 0 Å². The van der Waals surface area contributed by atoms with Crippen LogP contribution in [0.15, 0.2) is 18.6 Å². The molecular weight excluding hydrogens is 222 g/mol. The van der Waals surface area contributed by atoms with E-state index in [1.165, 1.54) is 12.4 Å². The van der Waals surface area contributed by atoms with Crippen molar-refractivity contribution in [2.24, 2.45) is 0 Å². The molecule has 0 unspecified atom stereocenters. The van der Waals surface area contributed by atoms with Gasteiger partial charge in [0, 0.05) is 12.7 Å². The van der Waals surface area contributed by atoms with Gasteiger partial charge in [0.05, 0.1) is 0 Å². The minimum Gasteiger partial charge on any atom is -0.476 e. The van der Waals surface area contributed by atoms with Gasteiger partial charge in [-0.2, -0.15) is 10.2 Å². The highest BCUT2D eigenvalue weighted by atomic mass is 16.4. The molecule has 90 valence electrons. The zero-order valence-electron chi connectivity index (χ0n) is 9.44. The van der Waals surface area contributed by atoms with Crippen molar-refractivity contribution in [1.29, 1.82) is 0 Å². The number of nitrogens with zero attached hydrogens (tertiary/aromatic N) is 5. The van der Waals surface area contributed by atoms with Gasteiger partial charge in [-0.1, -0.05) is 6.92 Å². The molecule has 0 amide bonds. The minimum absolute atomic E-state index is 0.0338. The first-order valence-electron chi connectivity index (χ1n) is 5.34. The van der Waals surface area contributed by atoms with Gasteiger partial charge in [-0.3, -0.25) is 4.68 Å². The molecule has 2 aromatic heterocycles. The molecule has 0 radical (unpaired) electrons. The van der Waals surface area contributed by atoms with Crippen LogP contribution in [0.25, 0.3) is 0 Å². The molecular formula is C10H13N5O2. The summed E-state index contributed by atoms with van der Waals surface area (Å²) >= 11 is 0. The Balaban J connectivity index is 2.13. The number of hydrogen-bond acceptors (Lipinski definition) is 4. The third-order valence-electron chi connectivity index (χ3n) is 2.29. The number of aromatic nitrogens is 5. The van der Waals surface area contributed by atoms with Crippen molar-refractivity contribution < 1.29 is 9.90 Å².